The van der Waals surface area contributed by atoms with Crippen molar-refractivity contribution >= 4 is 11.5 Å². The second-order valence-electron chi connectivity index (χ2n) is 5.51. The van der Waals surface area contributed by atoms with Gasteiger partial charge in [0.2, 0.25) is 5.91 Å². The molecule has 3 heteroatoms. The van der Waals surface area contributed by atoms with Crippen LogP contribution in [0.25, 0.3) is 5.57 Å². The number of allylic oxidation sites excluding steroid dienone is 1. The number of carbonyl (C=O) groups is 1. The fourth-order valence-electron chi connectivity index (χ4n) is 2.73. The third kappa shape index (κ3) is 4.35. The van der Waals surface area contributed by atoms with Crippen LogP contribution in [0, 0.1) is 0 Å². The molecule has 0 aliphatic heterocycles. The Hall–Kier alpha value is -1.77. The highest BCUT2D eigenvalue weighted by Gasteiger charge is 2.14. The van der Waals surface area contributed by atoms with Gasteiger partial charge in [-0.05, 0) is 54.5 Å². The molecular weight excluding hydrogens is 262 g/mol. The first kappa shape index (κ1) is 15.6. The lowest BCUT2D eigenvalue weighted by Gasteiger charge is -2.20. The Labute approximate surface area is 127 Å². The molecule has 1 aromatic carbocycles. The molecule has 1 aromatic rings. The molecule has 1 amide bonds. The summed E-state index contributed by atoms with van der Waals surface area (Å²) in [7, 11) is 1.70. The molecule has 0 spiro atoms. The average Bonchev–Trinajstić information content (AvgIpc) is 2.52. The Bertz CT molecular complexity index is 520. The average molecular weight is 287 g/mol. The molecule has 114 valence electrons. The van der Waals surface area contributed by atoms with Crippen LogP contribution in [0.3, 0.4) is 0 Å². The normalized spacial score (nSPS) is 15.6. The molecule has 0 radical (unpaired) electrons. The zero-order chi connectivity index (χ0) is 15.1. The predicted octanol–water partition coefficient (Wildman–Crippen LogP) is 3.72. The van der Waals surface area contributed by atoms with E-state index in [4.69, 9.17) is 4.74 Å². The summed E-state index contributed by atoms with van der Waals surface area (Å²) in [5.74, 6) is 1.05. The van der Waals surface area contributed by atoms with Gasteiger partial charge in [-0.3, -0.25) is 4.79 Å². The van der Waals surface area contributed by atoms with Crippen LogP contribution in [0.4, 0.5) is 0 Å². The summed E-state index contributed by atoms with van der Waals surface area (Å²) < 4.78 is 5.32. The molecule has 1 N–H and O–H groups in total. The van der Waals surface area contributed by atoms with Crippen molar-refractivity contribution in [2.24, 2.45) is 0 Å². The Kier molecular flexibility index (Phi) is 5.85. The number of carbonyl (C=O) groups excluding carboxylic acids is 1. The van der Waals surface area contributed by atoms with Crippen molar-refractivity contribution in [1.29, 1.82) is 0 Å². The molecule has 0 aromatic heterocycles. The topological polar surface area (TPSA) is 38.3 Å². The van der Waals surface area contributed by atoms with Crippen LogP contribution < -0.4 is 10.1 Å². The Morgan fingerprint density at radius 3 is 3.00 bits per heavy atom. The van der Waals surface area contributed by atoms with Crippen molar-refractivity contribution in [3.63, 3.8) is 0 Å². The van der Waals surface area contributed by atoms with Crippen molar-refractivity contribution in [1.82, 2.24) is 5.32 Å². The van der Waals surface area contributed by atoms with Crippen molar-refractivity contribution in [3.8, 4) is 5.75 Å². The van der Waals surface area contributed by atoms with Gasteiger partial charge in [0, 0.05) is 13.0 Å². The van der Waals surface area contributed by atoms with Gasteiger partial charge in [-0.2, -0.15) is 0 Å². The number of amides is 1. The van der Waals surface area contributed by atoms with Crippen molar-refractivity contribution in [2.45, 2.75) is 45.4 Å². The van der Waals surface area contributed by atoms with Crippen molar-refractivity contribution in [3.05, 3.63) is 35.4 Å². The zero-order valence-electron chi connectivity index (χ0n) is 13.1. The van der Waals surface area contributed by atoms with Gasteiger partial charge in [0.25, 0.3) is 0 Å². The van der Waals surface area contributed by atoms with E-state index in [-0.39, 0.29) is 5.91 Å². The zero-order valence-corrected chi connectivity index (χ0v) is 13.1. The molecule has 0 saturated carbocycles. The Morgan fingerprint density at radius 2 is 2.24 bits per heavy atom. The van der Waals surface area contributed by atoms with Gasteiger partial charge in [0.05, 0.1) is 7.11 Å². The maximum absolute atomic E-state index is 11.6. The van der Waals surface area contributed by atoms with Gasteiger partial charge >= 0.3 is 0 Å². The fourth-order valence-corrected chi connectivity index (χ4v) is 2.73. The molecule has 1 aliphatic rings. The lowest BCUT2D eigenvalue weighted by molar-refractivity contribution is -0.120. The Morgan fingerprint density at radius 1 is 1.38 bits per heavy atom. The van der Waals surface area contributed by atoms with Crippen LogP contribution in [0.1, 0.15) is 50.2 Å². The quantitative estimate of drug-likeness (QED) is 0.866. The number of methoxy groups -OCH3 is 1. The second-order valence-corrected chi connectivity index (χ2v) is 5.51. The summed E-state index contributed by atoms with van der Waals surface area (Å²) >= 11 is 0. The summed E-state index contributed by atoms with van der Waals surface area (Å²) in [6, 6.07) is 6.29. The van der Waals surface area contributed by atoms with E-state index in [2.05, 4.69) is 30.4 Å². The predicted molar refractivity (Wildman–Crippen MR) is 86.4 cm³/mol. The van der Waals surface area contributed by atoms with Crippen LogP contribution in [0.15, 0.2) is 24.3 Å². The van der Waals surface area contributed by atoms with Crippen molar-refractivity contribution < 1.29 is 9.53 Å². The second kappa shape index (κ2) is 7.87. The molecule has 0 fully saturated rings. The summed E-state index contributed by atoms with van der Waals surface area (Å²) in [5, 5.41) is 2.98. The minimum absolute atomic E-state index is 0.148. The van der Waals surface area contributed by atoms with Crippen LogP contribution in [-0.2, 0) is 11.2 Å². The molecular formula is C18H25NO2. The number of unbranched alkanes of at least 4 members (excludes halogenated alkanes) is 1. The minimum Gasteiger partial charge on any atom is -0.497 e. The largest absolute Gasteiger partial charge is 0.497 e. The first-order valence-electron chi connectivity index (χ1n) is 7.87. The maximum Gasteiger partial charge on any atom is 0.220 e. The number of benzene rings is 1. The number of rotatable bonds is 6. The third-order valence-corrected chi connectivity index (χ3v) is 3.96. The SMILES string of the molecule is CCCCC(=O)NC/C=C1\CCCc2ccc(OC)cc21. The number of aryl methyl sites for hydroxylation is 1. The highest BCUT2D eigenvalue weighted by molar-refractivity contribution is 5.77. The highest BCUT2D eigenvalue weighted by Crippen LogP contribution is 2.33. The standard InChI is InChI=1S/C18H25NO2/c1-3-4-8-18(20)19-12-11-15-7-5-6-14-9-10-16(21-2)13-17(14)15/h9-11,13H,3-8,12H2,1-2H3,(H,19,20)/b15-11+. The van der Waals surface area contributed by atoms with Crippen LogP contribution >= 0.6 is 0 Å². The van der Waals surface area contributed by atoms with E-state index >= 15 is 0 Å². The third-order valence-electron chi connectivity index (χ3n) is 3.96. The van der Waals surface area contributed by atoms with Crippen molar-refractivity contribution in [2.75, 3.05) is 13.7 Å². The lowest BCUT2D eigenvalue weighted by Crippen LogP contribution is -2.23. The number of nitrogens with one attached hydrogen (secondary N) is 1. The molecule has 0 heterocycles. The summed E-state index contributed by atoms with van der Waals surface area (Å²) in [5.41, 5.74) is 3.99. The molecule has 21 heavy (non-hydrogen) atoms. The Balaban J connectivity index is 2.01. The smallest absolute Gasteiger partial charge is 0.220 e. The van der Waals surface area contributed by atoms with Crippen LogP contribution in [0.2, 0.25) is 0 Å². The van der Waals surface area contributed by atoms with Gasteiger partial charge in [0.15, 0.2) is 0 Å². The molecule has 2 rings (SSSR count). The highest BCUT2D eigenvalue weighted by atomic mass is 16.5. The lowest BCUT2D eigenvalue weighted by atomic mass is 9.87. The van der Waals surface area contributed by atoms with E-state index in [9.17, 15) is 4.79 Å². The van der Waals surface area contributed by atoms with E-state index in [1.807, 2.05) is 6.07 Å². The first-order chi connectivity index (χ1) is 10.2. The monoisotopic (exact) mass is 287 g/mol. The summed E-state index contributed by atoms with van der Waals surface area (Å²) in [6.45, 7) is 2.72. The molecule has 3 nitrogen and oxygen atoms in total. The molecule has 0 saturated heterocycles. The molecule has 0 unspecified atom stereocenters. The number of ether oxygens (including phenoxy) is 1. The van der Waals surface area contributed by atoms with Crippen LogP contribution in [0.5, 0.6) is 5.75 Å². The van der Waals surface area contributed by atoms with E-state index < -0.39 is 0 Å². The first-order valence-corrected chi connectivity index (χ1v) is 7.87. The van der Waals surface area contributed by atoms with E-state index in [1.54, 1.807) is 7.11 Å². The minimum atomic E-state index is 0.148. The number of fused-ring (bicyclic) bond motifs is 1. The fraction of sp³-hybridized carbons (Fsp3) is 0.500. The maximum atomic E-state index is 11.6. The van der Waals surface area contributed by atoms with Gasteiger partial charge in [-0.15, -0.1) is 0 Å². The molecule has 0 atom stereocenters. The van der Waals surface area contributed by atoms with Crippen LogP contribution in [-0.4, -0.2) is 19.6 Å². The van der Waals surface area contributed by atoms with Gasteiger partial charge in [-0.25, -0.2) is 0 Å². The number of hydrogen-bond donors (Lipinski definition) is 1. The summed E-state index contributed by atoms with van der Waals surface area (Å²) in [4.78, 5) is 11.6. The number of hydrogen-bond acceptors (Lipinski definition) is 2. The van der Waals surface area contributed by atoms with Gasteiger partial charge in [-0.1, -0.05) is 25.5 Å². The molecule has 0 bridgehead atoms. The van der Waals surface area contributed by atoms with Gasteiger partial charge in [0.1, 0.15) is 5.75 Å². The van der Waals surface area contributed by atoms with E-state index in [1.165, 1.54) is 23.1 Å². The summed E-state index contributed by atoms with van der Waals surface area (Å²) in [6.07, 6.45) is 8.18. The molecule has 1 aliphatic carbocycles. The van der Waals surface area contributed by atoms with E-state index in [0.29, 0.717) is 13.0 Å². The van der Waals surface area contributed by atoms with Gasteiger partial charge < -0.3 is 10.1 Å². The van der Waals surface area contributed by atoms with E-state index in [0.717, 1.165) is 31.4 Å².